The highest BCUT2D eigenvalue weighted by molar-refractivity contribution is 5.66. The Balaban J connectivity index is 2.10. The molecule has 0 saturated carbocycles. The minimum atomic E-state index is -4.34. The van der Waals surface area contributed by atoms with E-state index in [1.165, 1.54) is 12.1 Å². The van der Waals surface area contributed by atoms with Gasteiger partial charge in [-0.2, -0.15) is 13.2 Å². The number of nitrogens with zero attached hydrogens (tertiary/aromatic N) is 1. The summed E-state index contributed by atoms with van der Waals surface area (Å²) in [5.74, 6) is -1.05. The molecule has 26 heavy (non-hydrogen) atoms. The molecule has 0 aliphatic rings. The number of likely N-dealkylation sites (N-methyl/N-ethyl adjacent to an activating group) is 1. The number of benzene rings is 2. The van der Waals surface area contributed by atoms with E-state index in [0.29, 0.717) is 19.4 Å². The molecule has 0 heterocycles. The lowest BCUT2D eigenvalue weighted by Gasteiger charge is -2.23. The van der Waals surface area contributed by atoms with Crippen molar-refractivity contribution in [1.82, 2.24) is 4.90 Å². The number of carboxylic acid groups (broad SMARTS) is 1. The van der Waals surface area contributed by atoms with Crippen LogP contribution in [0.3, 0.4) is 0 Å². The summed E-state index contributed by atoms with van der Waals surface area (Å²) in [6.45, 7) is 0.399. The van der Waals surface area contributed by atoms with Gasteiger partial charge in [0.25, 0.3) is 0 Å². The molecule has 0 radical (unpaired) electrons. The number of carbonyl (C=O) groups is 1. The first-order valence-electron chi connectivity index (χ1n) is 8.35. The lowest BCUT2D eigenvalue weighted by atomic mass is 9.89. The normalized spacial score (nSPS) is 13.0. The fourth-order valence-electron chi connectivity index (χ4n) is 2.90. The number of halogens is 3. The fraction of sp³-hybridized carbons (Fsp3) is 0.350. The Morgan fingerprint density at radius 2 is 1.69 bits per heavy atom. The van der Waals surface area contributed by atoms with Crippen molar-refractivity contribution in [1.29, 1.82) is 0 Å². The zero-order valence-electron chi connectivity index (χ0n) is 14.5. The second-order valence-electron chi connectivity index (χ2n) is 6.40. The van der Waals surface area contributed by atoms with Crippen LogP contribution in [0, 0.1) is 0 Å². The lowest BCUT2D eigenvalue weighted by Crippen LogP contribution is -2.36. The molecule has 0 fully saturated rings. The van der Waals surface area contributed by atoms with Crippen molar-refractivity contribution in [2.75, 3.05) is 20.1 Å². The molecule has 0 N–H and O–H groups in total. The van der Waals surface area contributed by atoms with Gasteiger partial charge in [0.2, 0.25) is 0 Å². The van der Waals surface area contributed by atoms with Crippen molar-refractivity contribution in [3.63, 3.8) is 0 Å². The van der Waals surface area contributed by atoms with Crippen LogP contribution in [0.15, 0.2) is 54.6 Å². The molecular weight excluding hydrogens is 343 g/mol. The molecule has 0 aliphatic heterocycles. The van der Waals surface area contributed by atoms with Crippen LogP contribution >= 0.6 is 0 Å². The van der Waals surface area contributed by atoms with E-state index in [-0.39, 0.29) is 12.5 Å². The summed E-state index contributed by atoms with van der Waals surface area (Å²) < 4.78 is 38.1. The van der Waals surface area contributed by atoms with Crippen molar-refractivity contribution in [3.8, 4) is 0 Å². The molecule has 1 unspecified atom stereocenters. The quantitative estimate of drug-likeness (QED) is 0.723. The van der Waals surface area contributed by atoms with Gasteiger partial charge in [-0.1, -0.05) is 42.5 Å². The van der Waals surface area contributed by atoms with E-state index in [1.807, 2.05) is 30.3 Å². The summed E-state index contributed by atoms with van der Waals surface area (Å²) >= 11 is 0. The molecule has 0 saturated heterocycles. The van der Waals surface area contributed by atoms with Gasteiger partial charge in [-0.3, -0.25) is 0 Å². The van der Waals surface area contributed by atoms with Gasteiger partial charge in [-0.15, -0.1) is 0 Å². The van der Waals surface area contributed by atoms with Gasteiger partial charge in [-0.25, -0.2) is 0 Å². The van der Waals surface area contributed by atoms with Crippen LogP contribution in [0.4, 0.5) is 13.2 Å². The van der Waals surface area contributed by atoms with E-state index >= 15 is 0 Å². The maximum absolute atomic E-state index is 12.7. The third-order valence-corrected chi connectivity index (χ3v) is 4.29. The number of carbonyl (C=O) groups excluding carboxylic acids is 1. The number of hydrogen-bond acceptors (Lipinski definition) is 3. The monoisotopic (exact) mass is 364 g/mol. The minimum absolute atomic E-state index is 0.0807. The molecule has 0 spiro atoms. The van der Waals surface area contributed by atoms with Crippen LogP contribution in [0.1, 0.15) is 29.0 Å². The molecule has 6 heteroatoms. The Bertz CT molecular complexity index is 699. The predicted octanol–water partition coefficient (Wildman–Crippen LogP) is 3.10. The first-order chi connectivity index (χ1) is 12.3. The van der Waals surface area contributed by atoms with E-state index in [9.17, 15) is 23.1 Å². The Labute approximate surface area is 151 Å². The highest BCUT2D eigenvalue weighted by Crippen LogP contribution is 2.30. The molecule has 0 amide bonds. The van der Waals surface area contributed by atoms with E-state index in [1.54, 1.807) is 11.9 Å². The highest BCUT2D eigenvalue weighted by Gasteiger charge is 2.30. The van der Waals surface area contributed by atoms with Crippen LogP contribution in [0.2, 0.25) is 0 Å². The first kappa shape index (κ1) is 20.0. The van der Waals surface area contributed by atoms with Crippen molar-refractivity contribution < 1.29 is 23.1 Å². The highest BCUT2D eigenvalue weighted by atomic mass is 19.4. The molecule has 140 valence electrons. The number of aliphatic carboxylic acids is 1. The van der Waals surface area contributed by atoms with Crippen molar-refractivity contribution in [2.45, 2.75) is 24.9 Å². The average Bonchev–Trinajstić information content (AvgIpc) is 2.58. The molecule has 0 aromatic heterocycles. The van der Waals surface area contributed by atoms with Crippen molar-refractivity contribution in [3.05, 3.63) is 71.3 Å². The van der Waals surface area contributed by atoms with Gasteiger partial charge in [0.05, 0.1) is 11.5 Å². The SMILES string of the molecule is CN(CCC(Cc1ccc(C(F)(F)F)cc1)c1ccccc1)CC(=O)[O-]. The van der Waals surface area contributed by atoms with Crippen LogP contribution < -0.4 is 5.11 Å². The standard InChI is InChI=1S/C20H22F3NO2/c1-24(14-19(25)26)12-11-17(16-5-3-2-4-6-16)13-15-7-9-18(10-8-15)20(21,22)23/h2-10,17H,11-14H2,1H3,(H,25,26)/p-1. The zero-order chi connectivity index (χ0) is 19.2. The Morgan fingerprint density at radius 1 is 1.08 bits per heavy atom. The fourth-order valence-corrected chi connectivity index (χ4v) is 2.90. The van der Waals surface area contributed by atoms with Gasteiger partial charge in [-0.05, 0) is 55.6 Å². The average molecular weight is 364 g/mol. The molecule has 2 aromatic carbocycles. The smallest absolute Gasteiger partial charge is 0.416 e. The summed E-state index contributed by atoms with van der Waals surface area (Å²) in [4.78, 5) is 12.3. The third kappa shape index (κ3) is 6.19. The summed E-state index contributed by atoms with van der Waals surface area (Å²) in [5.41, 5.74) is 1.23. The summed E-state index contributed by atoms with van der Waals surface area (Å²) in [7, 11) is 1.70. The van der Waals surface area contributed by atoms with Crippen LogP contribution in [-0.2, 0) is 17.4 Å². The summed E-state index contributed by atoms with van der Waals surface area (Å²) in [5, 5.41) is 10.7. The van der Waals surface area contributed by atoms with Crippen LogP contribution in [0.5, 0.6) is 0 Å². The maximum atomic E-state index is 12.7. The van der Waals surface area contributed by atoms with Gasteiger partial charge >= 0.3 is 6.18 Å². The first-order valence-corrected chi connectivity index (χ1v) is 8.35. The van der Waals surface area contributed by atoms with Crippen LogP contribution in [-0.4, -0.2) is 31.0 Å². The number of rotatable bonds is 8. The van der Waals surface area contributed by atoms with E-state index < -0.39 is 17.7 Å². The Kier molecular flexibility index (Phi) is 6.80. The van der Waals surface area contributed by atoms with E-state index in [0.717, 1.165) is 23.3 Å². The van der Waals surface area contributed by atoms with E-state index in [2.05, 4.69) is 0 Å². The van der Waals surface area contributed by atoms with Gasteiger partial charge in [0, 0.05) is 6.54 Å². The Hall–Kier alpha value is -2.34. The van der Waals surface area contributed by atoms with E-state index in [4.69, 9.17) is 0 Å². The summed E-state index contributed by atoms with van der Waals surface area (Å²) in [6, 6.07) is 14.9. The number of hydrogen-bond donors (Lipinski definition) is 0. The van der Waals surface area contributed by atoms with Gasteiger partial charge < -0.3 is 14.8 Å². The second-order valence-corrected chi connectivity index (χ2v) is 6.40. The predicted molar refractivity (Wildman–Crippen MR) is 91.5 cm³/mol. The second kappa shape index (κ2) is 8.85. The molecule has 2 aromatic rings. The summed E-state index contributed by atoms with van der Waals surface area (Å²) in [6.07, 6.45) is -3.07. The van der Waals surface area contributed by atoms with Gasteiger partial charge in [0.1, 0.15) is 0 Å². The lowest BCUT2D eigenvalue weighted by molar-refractivity contribution is -0.306. The van der Waals surface area contributed by atoms with Crippen molar-refractivity contribution in [2.24, 2.45) is 0 Å². The topological polar surface area (TPSA) is 43.4 Å². The Morgan fingerprint density at radius 3 is 2.23 bits per heavy atom. The molecule has 2 rings (SSSR count). The van der Waals surface area contributed by atoms with Crippen LogP contribution in [0.25, 0.3) is 0 Å². The molecule has 0 bridgehead atoms. The molecule has 1 atom stereocenters. The van der Waals surface area contributed by atoms with Crippen molar-refractivity contribution >= 4 is 5.97 Å². The molecule has 3 nitrogen and oxygen atoms in total. The molecule has 0 aliphatic carbocycles. The van der Waals surface area contributed by atoms with Gasteiger partial charge in [0.15, 0.2) is 0 Å². The number of alkyl halides is 3. The zero-order valence-corrected chi connectivity index (χ0v) is 14.5. The largest absolute Gasteiger partial charge is 0.549 e. The third-order valence-electron chi connectivity index (χ3n) is 4.29. The molecular formula is C20H21F3NO2-. The number of carboxylic acids is 1. The minimum Gasteiger partial charge on any atom is -0.549 e. The maximum Gasteiger partial charge on any atom is 0.416 e.